The minimum atomic E-state index is 0.0691. The minimum Gasteiger partial charge on any atom is -0.508 e. The third-order valence-corrected chi connectivity index (χ3v) is 3.49. The van der Waals surface area contributed by atoms with Gasteiger partial charge >= 0.3 is 0 Å². The zero-order chi connectivity index (χ0) is 15.2. The van der Waals surface area contributed by atoms with E-state index >= 15 is 0 Å². The lowest BCUT2D eigenvalue weighted by molar-refractivity contribution is 0.0898. The van der Waals surface area contributed by atoms with Crippen molar-refractivity contribution in [1.82, 2.24) is 4.90 Å². The normalized spacial score (nSPS) is 11.0. The second-order valence-electron chi connectivity index (χ2n) is 5.45. The van der Waals surface area contributed by atoms with E-state index < -0.39 is 0 Å². The summed E-state index contributed by atoms with van der Waals surface area (Å²) in [5.74, 6) is 0.246. The van der Waals surface area contributed by atoms with Gasteiger partial charge in [0, 0.05) is 18.2 Å². The lowest BCUT2D eigenvalue weighted by Crippen LogP contribution is -2.35. The minimum absolute atomic E-state index is 0.0691. The molecule has 0 unspecified atom stereocenters. The summed E-state index contributed by atoms with van der Waals surface area (Å²) in [5, 5.41) is 9.28. The van der Waals surface area contributed by atoms with Gasteiger partial charge in [0.05, 0.1) is 6.54 Å². The molecule has 0 heterocycles. The number of Topliss-reactive ketones (excluding diaryl/α,β-unsaturated/α-hetero) is 1. The van der Waals surface area contributed by atoms with Crippen LogP contribution in [0.1, 0.15) is 29.8 Å². The molecule has 21 heavy (non-hydrogen) atoms. The molecule has 0 aliphatic carbocycles. The zero-order valence-electron chi connectivity index (χ0n) is 12.5. The van der Waals surface area contributed by atoms with Crippen LogP contribution in [0, 0.1) is 0 Å². The van der Waals surface area contributed by atoms with Crippen LogP contribution in [-0.2, 0) is 6.54 Å². The molecule has 1 N–H and O–H groups in total. The average molecular weight is 283 g/mol. The maximum absolute atomic E-state index is 12.3. The lowest BCUT2D eigenvalue weighted by atomic mass is 10.1. The Kier molecular flexibility index (Phi) is 5.12. The summed E-state index contributed by atoms with van der Waals surface area (Å²) < 4.78 is 0. The Balaban J connectivity index is 2.06. The van der Waals surface area contributed by atoms with Crippen molar-refractivity contribution in [1.29, 1.82) is 0 Å². The highest BCUT2D eigenvalue weighted by Crippen LogP contribution is 2.13. The van der Waals surface area contributed by atoms with Crippen LogP contribution in [0.4, 0.5) is 0 Å². The fraction of sp³-hybridized carbons (Fsp3) is 0.278. The van der Waals surface area contributed by atoms with E-state index in [2.05, 4.69) is 30.9 Å². The van der Waals surface area contributed by atoms with Crippen LogP contribution in [0.25, 0.3) is 0 Å². The molecule has 3 nitrogen and oxygen atoms in total. The zero-order valence-corrected chi connectivity index (χ0v) is 12.5. The summed E-state index contributed by atoms with van der Waals surface area (Å²) in [7, 11) is 0. The molecule has 0 aromatic heterocycles. The first kappa shape index (κ1) is 15.3. The molecule has 2 rings (SSSR count). The van der Waals surface area contributed by atoms with Crippen molar-refractivity contribution in [2.24, 2.45) is 0 Å². The average Bonchev–Trinajstić information content (AvgIpc) is 2.48. The summed E-state index contributed by atoms with van der Waals surface area (Å²) in [4.78, 5) is 14.5. The third kappa shape index (κ3) is 4.43. The summed E-state index contributed by atoms with van der Waals surface area (Å²) in [5.41, 5.74) is 1.83. The number of aromatic hydroxyl groups is 1. The van der Waals surface area contributed by atoms with E-state index in [1.54, 1.807) is 24.3 Å². The van der Waals surface area contributed by atoms with Gasteiger partial charge in [-0.25, -0.2) is 0 Å². The van der Waals surface area contributed by atoms with E-state index in [0.717, 1.165) is 6.54 Å². The standard InChI is InChI=1S/C18H21NO2/c1-14(2)19(12-15-6-4-3-5-7-15)13-18(21)16-8-10-17(20)11-9-16/h3-11,14,20H,12-13H2,1-2H3. The number of hydrogen-bond donors (Lipinski definition) is 1. The first-order chi connectivity index (χ1) is 10.1. The van der Waals surface area contributed by atoms with Crippen LogP contribution in [0.2, 0.25) is 0 Å². The van der Waals surface area contributed by atoms with Gasteiger partial charge in [0.25, 0.3) is 0 Å². The summed E-state index contributed by atoms with van der Waals surface area (Å²) in [6.07, 6.45) is 0. The monoisotopic (exact) mass is 283 g/mol. The number of nitrogens with zero attached hydrogens (tertiary/aromatic N) is 1. The largest absolute Gasteiger partial charge is 0.508 e. The molecule has 0 amide bonds. The van der Waals surface area contributed by atoms with Crippen molar-refractivity contribution in [3.63, 3.8) is 0 Å². The van der Waals surface area contributed by atoms with E-state index in [1.165, 1.54) is 5.56 Å². The predicted octanol–water partition coefficient (Wildman–Crippen LogP) is 3.49. The van der Waals surface area contributed by atoms with Crippen LogP contribution < -0.4 is 0 Å². The fourth-order valence-electron chi connectivity index (χ4n) is 2.16. The third-order valence-electron chi connectivity index (χ3n) is 3.49. The van der Waals surface area contributed by atoms with Crippen LogP contribution in [0.15, 0.2) is 54.6 Å². The number of phenols is 1. The molecule has 0 atom stereocenters. The molecule has 0 radical (unpaired) electrons. The SMILES string of the molecule is CC(C)N(CC(=O)c1ccc(O)cc1)Cc1ccccc1. The number of carbonyl (C=O) groups excluding carboxylic acids is 1. The fourth-order valence-corrected chi connectivity index (χ4v) is 2.16. The Morgan fingerprint density at radius 1 is 1.05 bits per heavy atom. The van der Waals surface area contributed by atoms with Gasteiger partial charge in [-0.1, -0.05) is 30.3 Å². The molecule has 0 aliphatic rings. The molecular weight excluding hydrogens is 262 g/mol. The van der Waals surface area contributed by atoms with Crippen molar-refractivity contribution >= 4 is 5.78 Å². The van der Waals surface area contributed by atoms with Gasteiger partial charge in [-0.15, -0.1) is 0 Å². The van der Waals surface area contributed by atoms with Gasteiger partial charge in [-0.3, -0.25) is 9.69 Å². The number of benzene rings is 2. The molecule has 0 saturated carbocycles. The molecular formula is C18H21NO2. The van der Waals surface area contributed by atoms with Gasteiger partial charge in [0.15, 0.2) is 5.78 Å². The highest BCUT2D eigenvalue weighted by molar-refractivity contribution is 5.97. The van der Waals surface area contributed by atoms with Crippen LogP contribution in [0.3, 0.4) is 0 Å². The molecule has 0 spiro atoms. The van der Waals surface area contributed by atoms with E-state index in [1.807, 2.05) is 18.2 Å². The topological polar surface area (TPSA) is 40.5 Å². The smallest absolute Gasteiger partial charge is 0.176 e. The quantitative estimate of drug-likeness (QED) is 0.825. The molecule has 0 saturated heterocycles. The summed E-state index contributed by atoms with van der Waals surface area (Å²) in [6, 6.07) is 16.9. The molecule has 2 aromatic rings. The van der Waals surface area contributed by atoms with Crippen LogP contribution in [0.5, 0.6) is 5.75 Å². The molecule has 110 valence electrons. The maximum Gasteiger partial charge on any atom is 0.176 e. The molecule has 0 aliphatic heterocycles. The van der Waals surface area contributed by atoms with Gasteiger partial charge in [-0.05, 0) is 43.7 Å². The van der Waals surface area contributed by atoms with Crippen LogP contribution in [-0.4, -0.2) is 28.4 Å². The Labute approximate surface area is 125 Å². The predicted molar refractivity (Wildman–Crippen MR) is 84.4 cm³/mol. The lowest BCUT2D eigenvalue weighted by Gasteiger charge is -2.25. The second kappa shape index (κ2) is 7.04. The number of rotatable bonds is 6. The molecule has 3 heteroatoms. The number of hydrogen-bond acceptors (Lipinski definition) is 3. The number of carbonyl (C=O) groups is 1. The van der Waals surface area contributed by atoms with Gasteiger partial charge < -0.3 is 5.11 Å². The molecule has 0 fully saturated rings. The van der Waals surface area contributed by atoms with Crippen molar-refractivity contribution in [2.45, 2.75) is 26.4 Å². The van der Waals surface area contributed by atoms with Gasteiger partial charge in [0.1, 0.15) is 5.75 Å². The van der Waals surface area contributed by atoms with Crippen molar-refractivity contribution in [3.8, 4) is 5.75 Å². The van der Waals surface area contributed by atoms with E-state index in [4.69, 9.17) is 0 Å². The van der Waals surface area contributed by atoms with Crippen molar-refractivity contribution in [2.75, 3.05) is 6.54 Å². The van der Waals surface area contributed by atoms with Crippen molar-refractivity contribution in [3.05, 3.63) is 65.7 Å². The Morgan fingerprint density at radius 2 is 1.67 bits per heavy atom. The van der Waals surface area contributed by atoms with E-state index in [9.17, 15) is 9.90 Å². The Morgan fingerprint density at radius 3 is 2.24 bits per heavy atom. The number of ketones is 1. The van der Waals surface area contributed by atoms with E-state index in [0.29, 0.717) is 12.1 Å². The first-order valence-corrected chi connectivity index (χ1v) is 7.16. The highest BCUT2D eigenvalue weighted by Gasteiger charge is 2.15. The second-order valence-corrected chi connectivity index (χ2v) is 5.45. The maximum atomic E-state index is 12.3. The van der Waals surface area contributed by atoms with Crippen LogP contribution >= 0.6 is 0 Å². The van der Waals surface area contributed by atoms with Gasteiger partial charge in [0.2, 0.25) is 0 Å². The summed E-state index contributed by atoms with van der Waals surface area (Å²) in [6.45, 7) is 5.31. The van der Waals surface area contributed by atoms with Gasteiger partial charge in [-0.2, -0.15) is 0 Å². The summed E-state index contributed by atoms with van der Waals surface area (Å²) >= 11 is 0. The molecule has 2 aromatic carbocycles. The van der Waals surface area contributed by atoms with E-state index in [-0.39, 0.29) is 17.6 Å². The Hall–Kier alpha value is -2.13. The Bertz CT molecular complexity index is 576. The highest BCUT2D eigenvalue weighted by atomic mass is 16.3. The van der Waals surface area contributed by atoms with Crippen molar-refractivity contribution < 1.29 is 9.90 Å². The number of phenolic OH excluding ortho intramolecular Hbond substituents is 1. The molecule has 0 bridgehead atoms. The first-order valence-electron chi connectivity index (χ1n) is 7.16.